The first-order valence-corrected chi connectivity index (χ1v) is 17.3. The third-order valence-corrected chi connectivity index (χ3v) is 10.6. The minimum Gasteiger partial charge on any atom is -0.309 e. The van der Waals surface area contributed by atoms with Crippen LogP contribution in [0.3, 0.4) is 0 Å². The molecule has 8 aromatic carbocycles. The lowest BCUT2D eigenvalue weighted by Gasteiger charge is -2.16. The molecule has 0 spiro atoms. The van der Waals surface area contributed by atoms with Crippen molar-refractivity contribution in [3.63, 3.8) is 0 Å². The molecule has 0 atom stereocenters. The average Bonchev–Trinajstić information content (AvgIpc) is 3.69. The fourth-order valence-corrected chi connectivity index (χ4v) is 8.40. The minimum absolute atomic E-state index is 0.0398. The molecule has 0 aliphatic carbocycles. The van der Waals surface area contributed by atoms with Crippen LogP contribution in [0.4, 0.5) is 0 Å². The van der Waals surface area contributed by atoms with Gasteiger partial charge in [-0.25, -0.2) is 0 Å². The van der Waals surface area contributed by atoms with E-state index < -0.39 is 0 Å². The number of rotatable bonds is 3. The second kappa shape index (κ2) is 10.5. The first-order chi connectivity index (χ1) is 25.2. The Morgan fingerprint density at radius 2 is 0.784 bits per heavy atom. The van der Waals surface area contributed by atoms with Crippen LogP contribution in [0.1, 0.15) is 0 Å². The van der Waals surface area contributed by atoms with Crippen LogP contribution in [0.25, 0.3) is 93.1 Å². The van der Waals surface area contributed by atoms with E-state index >= 15 is 4.79 Å². The highest BCUT2D eigenvalue weighted by Gasteiger charge is 2.21. The maximum Gasteiger partial charge on any atom is 0.263 e. The fraction of sp³-hybridized carbons (Fsp3) is 0. The fourth-order valence-electron chi connectivity index (χ4n) is 8.40. The predicted octanol–water partition coefficient (Wildman–Crippen LogP) is 11.5. The van der Waals surface area contributed by atoms with E-state index in [0.717, 1.165) is 71.6 Å². The van der Waals surface area contributed by atoms with Crippen LogP contribution in [0, 0.1) is 0 Å². The van der Waals surface area contributed by atoms with Crippen molar-refractivity contribution in [2.24, 2.45) is 0 Å². The normalized spacial score (nSPS) is 12.0. The molecule has 51 heavy (non-hydrogen) atoms. The van der Waals surface area contributed by atoms with Crippen molar-refractivity contribution < 1.29 is 0 Å². The van der Waals surface area contributed by atoms with Crippen LogP contribution < -0.4 is 5.56 Å². The number of hydrogen-bond donors (Lipinski definition) is 0. The van der Waals surface area contributed by atoms with Crippen LogP contribution in [-0.4, -0.2) is 13.7 Å². The smallest absolute Gasteiger partial charge is 0.263 e. The second-order valence-corrected chi connectivity index (χ2v) is 13.3. The second-order valence-electron chi connectivity index (χ2n) is 13.3. The van der Waals surface area contributed by atoms with Crippen LogP contribution >= 0.6 is 0 Å². The van der Waals surface area contributed by atoms with E-state index in [2.05, 4.69) is 149 Å². The largest absolute Gasteiger partial charge is 0.309 e. The number of hydrogen-bond acceptors (Lipinski definition) is 1. The number of pyridine rings is 1. The van der Waals surface area contributed by atoms with E-state index in [1.165, 1.54) is 16.2 Å². The zero-order chi connectivity index (χ0) is 33.6. The summed E-state index contributed by atoms with van der Waals surface area (Å²) < 4.78 is 6.55. The van der Waals surface area contributed by atoms with E-state index in [1.807, 2.05) is 41.0 Å². The van der Waals surface area contributed by atoms with Crippen molar-refractivity contribution in [1.82, 2.24) is 13.7 Å². The molecule has 3 aromatic heterocycles. The monoisotopic (exact) mass is 651 g/mol. The molecule has 238 valence electrons. The summed E-state index contributed by atoms with van der Waals surface area (Å²) in [5.41, 5.74) is 8.17. The van der Waals surface area contributed by atoms with Gasteiger partial charge in [-0.15, -0.1) is 0 Å². The molecule has 0 aliphatic heterocycles. The Hall–Kier alpha value is -6.91. The topological polar surface area (TPSA) is 31.9 Å². The third kappa shape index (κ3) is 3.93. The molecule has 4 heteroatoms. The Morgan fingerprint density at radius 1 is 0.294 bits per heavy atom. The van der Waals surface area contributed by atoms with Gasteiger partial charge in [-0.3, -0.25) is 9.36 Å². The van der Waals surface area contributed by atoms with E-state index in [1.54, 1.807) is 0 Å². The van der Waals surface area contributed by atoms with E-state index in [0.29, 0.717) is 5.39 Å². The zero-order valence-electron chi connectivity index (χ0n) is 27.5. The van der Waals surface area contributed by atoms with Crippen molar-refractivity contribution >= 4 is 76.1 Å². The highest BCUT2D eigenvalue weighted by Crippen LogP contribution is 2.40. The third-order valence-electron chi connectivity index (χ3n) is 10.6. The van der Waals surface area contributed by atoms with Crippen molar-refractivity contribution in [3.8, 4) is 17.1 Å². The maximum atomic E-state index is 15.1. The van der Waals surface area contributed by atoms with Gasteiger partial charge in [0, 0.05) is 43.7 Å². The molecule has 11 aromatic rings. The van der Waals surface area contributed by atoms with Crippen LogP contribution in [0.2, 0.25) is 0 Å². The Kier molecular flexibility index (Phi) is 5.78. The predicted molar refractivity (Wildman–Crippen MR) is 213 cm³/mol. The van der Waals surface area contributed by atoms with Gasteiger partial charge in [-0.1, -0.05) is 109 Å². The van der Waals surface area contributed by atoms with E-state index in [4.69, 9.17) is 0 Å². The molecule has 0 saturated heterocycles. The molecule has 0 saturated carbocycles. The Bertz CT molecular complexity index is 3250. The Balaban J connectivity index is 1.34. The van der Waals surface area contributed by atoms with Crippen LogP contribution in [0.15, 0.2) is 181 Å². The van der Waals surface area contributed by atoms with Crippen molar-refractivity contribution in [2.75, 3.05) is 0 Å². The molecule has 0 N–H and O–H groups in total. The summed E-state index contributed by atoms with van der Waals surface area (Å²) in [7, 11) is 0. The number of fused-ring (bicyclic) bond motifs is 10. The number of para-hydroxylation sites is 4. The summed E-state index contributed by atoms with van der Waals surface area (Å²) >= 11 is 0. The quantitative estimate of drug-likeness (QED) is 0.175. The van der Waals surface area contributed by atoms with Gasteiger partial charge in [0.1, 0.15) is 0 Å². The standard InChI is InChI=1S/C47H29N3O/c51-47-40-28-44-37(35-22-10-12-24-43(35)50(44)41-25-13-15-30-14-7-8-20-33(30)41)26-36(40)39-27-38-34-21-9-11-23-42(34)48(31-16-3-1-4-17-31)45(38)29-46(39)49(47)32-18-5-2-6-19-32/h1-29H. The van der Waals surface area contributed by atoms with Crippen molar-refractivity contribution in [3.05, 3.63) is 186 Å². The van der Waals surface area contributed by atoms with Crippen LogP contribution in [-0.2, 0) is 0 Å². The summed E-state index contributed by atoms with van der Waals surface area (Å²) in [6, 6.07) is 61.6. The van der Waals surface area contributed by atoms with Gasteiger partial charge in [-0.05, 0) is 77.5 Å². The van der Waals surface area contributed by atoms with Gasteiger partial charge in [0.05, 0.1) is 38.7 Å². The zero-order valence-corrected chi connectivity index (χ0v) is 27.5. The molecule has 0 radical (unpaired) electrons. The molecule has 0 aliphatic rings. The Labute approximate surface area is 292 Å². The molecule has 3 heterocycles. The van der Waals surface area contributed by atoms with Crippen molar-refractivity contribution in [1.29, 1.82) is 0 Å². The molecule has 0 bridgehead atoms. The van der Waals surface area contributed by atoms with E-state index in [9.17, 15) is 0 Å². The minimum atomic E-state index is -0.0398. The lowest BCUT2D eigenvalue weighted by Crippen LogP contribution is -2.19. The summed E-state index contributed by atoms with van der Waals surface area (Å²) in [4.78, 5) is 15.1. The molecule has 11 rings (SSSR count). The van der Waals surface area contributed by atoms with Gasteiger partial charge in [-0.2, -0.15) is 0 Å². The molecule has 0 unspecified atom stereocenters. The average molecular weight is 652 g/mol. The van der Waals surface area contributed by atoms with Gasteiger partial charge in [0.2, 0.25) is 0 Å². The molecule has 0 amide bonds. The summed E-state index contributed by atoms with van der Waals surface area (Å²) in [6.07, 6.45) is 0. The summed E-state index contributed by atoms with van der Waals surface area (Å²) in [6.45, 7) is 0. The van der Waals surface area contributed by atoms with Gasteiger partial charge in [0.15, 0.2) is 0 Å². The highest BCUT2D eigenvalue weighted by molar-refractivity contribution is 6.22. The number of benzene rings is 8. The molecular weight excluding hydrogens is 623 g/mol. The number of aromatic nitrogens is 3. The number of nitrogens with zero attached hydrogens (tertiary/aromatic N) is 3. The summed E-state index contributed by atoms with van der Waals surface area (Å²) in [5.74, 6) is 0. The van der Waals surface area contributed by atoms with Crippen LogP contribution in [0.5, 0.6) is 0 Å². The first-order valence-electron chi connectivity index (χ1n) is 17.3. The van der Waals surface area contributed by atoms with Crippen molar-refractivity contribution in [2.45, 2.75) is 0 Å². The Morgan fingerprint density at radius 3 is 1.49 bits per heavy atom. The van der Waals surface area contributed by atoms with E-state index in [-0.39, 0.29) is 5.56 Å². The molecule has 0 fully saturated rings. The van der Waals surface area contributed by atoms with Gasteiger partial charge >= 0.3 is 0 Å². The molecule has 4 nitrogen and oxygen atoms in total. The lowest BCUT2D eigenvalue weighted by atomic mass is 10.0. The van der Waals surface area contributed by atoms with Gasteiger partial charge in [0.25, 0.3) is 5.56 Å². The highest BCUT2D eigenvalue weighted by atomic mass is 16.1. The maximum absolute atomic E-state index is 15.1. The van der Waals surface area contributed by atoms with Gasteiger partial charge < -0.3 is 9.13 Å². The molecular formula is C47H29N3O. The first kappa shape index (κ1) is 28.0. The lowest BCUT2D eigenvalue weighted by molar-refractivity contribution is 1.06. The SMILES string of the molecule is O=c1c2cc3c(cc2c2cc4c5ccccc5n(-c5ccccc5)c4cc2n1-c1ccccc1)c1ccccc1n3-c1cccc2ccccc12. The summed E-state index contributed by atoms with van der Waals surface area (Å²) in [5, 5.41) is 9.64.